The van der Waals surface area contributed by atoms with Gasteiger partial charge in [0, 0.05) is 24.6 Å². The second-order valence-electron chi connectivity index (χ2n) is 5.79. The third kappa shape index (κ3) is 6.23. The molecule has 25 heavy (non-hydrogen) atoms. The van der Waals surface area contributed by atoms with Crippen molar-refractivity contribution < 1.29 is 14.3 Å². The first-order valence-electron chi connectivity index (χ1n) is 8.64. The number of aliphatic imine (C=N–C) groups is 1. The summed E-state index contributed by atoms with van der Waals surface area (Å²) in [6.45, 7) is 5.11. The molecule has 1 N–H and O–H groups in total. The molecular formula is C18H26BrN3O3. The highest BCUT2D eigenvalue weighted by molar-refractivity contribution is 9.10. The van der Waals surface area contributed by atoms with Gasteiger partial charge in [-0.3, -0.25) is 9.79 Å². The van der Waals surface area contributed by atoms with Gasteiger partial charge in [-0.15, -0.1) is 0 Å². The van der Waals surface area contributed by atoms with Crippen LogP contribution < -0.4 is 10.1 Å². The summed E-state index contributed by atoms with van der Waals surface area (Å²) in [7, 11) is 1.77. The minimum absolute atomic E-state index is 0.00930. The maximum atomic E-state index is 11.8. The second-order valence-corrected chi connectivity index (χ2v) is 6.71. The van der Waals surface area contributed by atoms with Gasteiger partial charge >= 0.3 is 5.97 Å². The highest BCUT2D eigenvalue weighted by Crippen LogP contribution is 2.19. The summed E-state index contributed by atoms with van der Waals surface area (Å²) < 4.78 is 11.8. The number of nitrogens with zero attached hydrogens (tertiary/aromatic N) is 2. The topological polar surface area (TPSA) is 63.2 Å². The predicted molar refractivity (Wildman–Crippen MR) is 102 cm³/mol. The standard InChI is InChI=1S/C18H26BrN3O3/c1-3-24-17(23)14-8-11-22(12-9-14)18(20-2)21-10-13-25-16-6-4-15(19)5-7-16/h4-7,14H,3,8-13H2,1-2H3,(H,20,21). The van der Waals surface area contributed by atoms with E-state index in [0.717, 1.165) is 42.1 Å². The van der Waals surface area contributed by atoms with E-state index in [4.69, 9.17) is 9.47 Å². The van der Waals surface area contributed by atoms with Gasteiger partial charge in [0.15, 0.2) is 5.96 Å². The van der Waals surface area contributed by atoms with Crippen LogP contribution in [0.1, 0.15) is 19.8 Å². The van der Waals surface area contributed by atoms with Crippen LogP contribution in [0.2, 0.25) is 0 Å². The number of esters is 1. The molecule has 0 saturated carbocycles. The number of ether oxygens (including phenoxy) is 2. The van der Waals surface area contributed by atoms with Gasteiger partial charge in [0.2, 0.25) is 0 Å². The molecule has 2 rings (SSSR count). The Bertz CT molecular complexity index is 569. The average Bonchev–Trinajstić information content (AvgIpc) is 2.64. The molecular weight excluding hydrogens is 386 g/mol. The monoisotopic (exact) mass is 411 g/mol. The fourth-order valence-corrected chi connectivity index (χ4v) is 3.05. The van der Waals surface area contributed by atoms with Gasteiger partial charge in [-0.25, -0.2) is 0 Å². The zero-order chi connectivity index (χ0) is 18.1. The zero-order valence-electron chi connectivity index (χ0n) is 14.8. The van der Waals surface area contributed by atoms with E-state index >= 15 is 0 Å². The molecule has 1 aromatic carbocycles. The van der Waals surface area contributed by atoms with Gasteiger partial charge in [0.1, 0.15) is 12.4 Å². The molecule has 0 spiro atoms. The van der Waals surface area contributed by atoms with Crippen molar-refractivity contribution in [3.63, 3.8) is 0 Å². The molecule has 1 aromatic rings. The average molecular weight is 412 g/mol. The highest BCUT2D eigenvalue weighted by Gasteiger charge is 2.27. The van der Waals surface area contributed by atoms with E-state index in [1.54, 1.807) is 7.05 Å². The van der Waals surface area contributed by atoms with Crippen LogP contribution >= 0.6 is 15.9 Å². The van der Waals surface area contributed by atoms with Gasteiger partial charge in [0.05, 0.1) is 19.1 Å². The molecule has 7 heteroatoms. The lowest BCUT2D eigenvalue weighted by Gasteiger charge is -2.33. The summed E-state index contributed by atoms with van der Waals surface area (Å²) in [6, 6.07) is 7.77. The zero-order valence-corrected chi connectivity index (χ0v) is 16.4. The van der Waals surface area contributed by atoms with Crippen LogP contribution in [0, 0.1) is 5.92 Å². The van der Waals surface area contributed by atoms with E-state index < -0.39 is 0 Å². The Kier molecular flexibility index (Phi) is 8.04. The van der Waals surface area contributed by atoms with Crippen molar-refractivity contribution in [1.29, 1.82) is 0 Å². The molecule has 1 saturated heterocycles. The lowest BCUT2D eigenvalue weighted by Crippen LogP contribution is -2.47. The Labute approximate surface area is 157 Å². The Morgan fingerprint density at radius 3 is 2.60 bits per heavy atom. The maximum Gasteiger partial charge on any atom is 0.309 e. The maximum absolute atomic E-state index is 11.8. The van der Waals surface area contributed by atoms with E-state index in [1.807, 2.05) is 31.2 Å². The van der Waals surface area contributed by atoms with Crippen molar-refractivity contribution in [2.45, 2.75) is 19.8 Å². The number of hydrogen-bond acceptors (Lipinski definition) is 4. The number of halogens is 1. The predicted octanol–water partition coefficient (Wildman–Crippen LogP) is 2.68. The molecule has 1 heterocycles. The Morgan fingerprint density at radius 2 is 2.00 bits per heavy atom. The first-order chi connectivity index (χ1) is 12.1. The lowest BCUT2D eigenvalue weighted by atomic mass is 9.97. The van der Waals surface area contributed by atoms with Crippen LogP contribution in [0.25, 0.3) is 0 Å². The molecule has 1 aliphatic rings. The number of piperidine rings is 1. The van der Waals surface area contributed by atoms with Crippen molar-refractivity contribution >= 4 is 27.9 Å². The molecule has 0 radical (unpaired) electrons. The van der Waals surface area contributed by atoms with E-state index in [9.17, 15) is 4.79 Å². The molecule has 0 bridgehead atoms. The Balaban J connectivity index is 1.70. The molecule has 0 aromatic heterocycles. The summed E-state index contributed by atoms with van der Waals surface area (Å²) in [5.74, 6) is 1.62. The van der Waals surface area contributed by atoms with Crippen molar-refractivity contribution in [3.05, 3.63) is 28.7 Å². The van der Waals surface area contributed by atoms with Crippen LogP contribution in [-0.4, -0.2) is 56.7 Å². The molecule has 0 amide bonds. The van der Waals surface area contributed by atoms with Gasteiger partial charge in [-0.05, 0) is 44.0 Å². The van der Waals surface area contributed by atoms with Crippen molar-refractivity contribution in [2.24, 2.45) is 10.9 Å². The lowest BCUT2D eigenvalue weighted by molar-refractivity contribution is -0.149. The van der Waals surface area contributed by atoms with E-state index in [2.05, 4.69) is 31.1 Å². The number of hydrogen-bond donors (Lipinski definition) is 1. The van der Waals surface area contributed by atoms with Crippen molar-refractivity contribution in [2.75, 3.05) is 39.9 Å². The Morgan fingerprint density at radius 1 is 1.32 bits per heavy atom. The molecule has 0 unspecified atom stereocenters. The normalized spacial score (nSPS) is 15.8. The number of carbonyl (C=O) groups is 1. The summed E-state index contributed by atoms with van der Waals surface area (Å²) in [4.78, 5) is 18.3. The highest BCUT2D eigenvalue weighted by atomic mass is 79.9. The summed E-state index contributed by atoms with van der Waals surface area (Å²) in [6.07, 6.45) is 1.60. The summed E-state index contributed by atoms with van der Waals surface area (Å²) in [5, 5.41) is 3.32. The van der Waals surface area contributed by atoms with Crippen LogP contribution in [-0.2, 0) is 9.53 Å². The van der Waals surface area contributed by atoms with E-state index in [0.29, 0.717) is 19.8 Å². The van der Waals surface area contributed by atoms with E-state index in [1.165, 1.54) is 0 Å². The van der Waals surface area contributed by atoms with E-state index in [-0.39, 0.29) is 11.9 Å². The van der Waals surface area contributed by atoms with Crippen LogP contribution in [0.4, 0.5) is 0 Å². The number of guanidine groups is 1. The van der Waals surface area contributed by atoms with Gasteiger partial charge < -0.3 is 19.7 Å². The number of likely N-dealkylation sites (tertiary alicyclic amines) is 1. The number of nitrogens with one attached hydrogen (secondary N) is 1. The van der Waals surface area contributed by atoms with Crippen LogP contribution in [0.3, 0.4) is 0 Å². The molecule has 0 atom stereocenters. The molecule has 6 nitrogen and oxygen atoms in total. The number of rotatable bonds is 6. The molecule has 138 valence electrons. The number of carbonyl (C=O) groups excluding carboxylic acids is 1. The molecule has 0 aliphatic carbocycles. The quantitative estimate of drug-likeness (QED) is 0.337. The van der Waals surface area contributed by atoms with Crippen molar-refractivity contribution in [3.8, 4) is 5.75 Å². The van der Waals surface area contributed by atoms with Gasteiger partial charge in [-0.2, -0.15) is 0 Å². The smallest absolute Gasteiger partial charge is 0.309 e. The third-order valence-electron chi connectivity index (χ3n) is 4.09. The SMILES string of the molecule is CCOC(=O)C1CCN(C(=NC)NCCOc2ccc(Br)cc2)CC1. The second kappa shape index (κ2) is 10.3. The minimum atomic E-state index is -0.0759. The fourth-order valence-electron chi connectivity index (χ4n) is 2.78. The molecule has 1 fully saturated rings. The first kappa shape index (κ1) is 19.6. The fraction of sp³-hybridized carbons (Fsp3) is 0.556. The van der Waals surface area contributed by atoms with Crippen LogP contribution in [0.5, 0.6) is 5.75 Å². The summed E-state index contributed by atoms with van der Waals surface area (Å²) >= 11 is 3.40. The van der Waals surface area contributed by atoms with Gasteiger partial charge in [0.25, 0.3) is 0 Å². The van der Waals surface area contributed by atoms with Gasteiger partial charge in [-0.1, -0.05) is 15.9 Å². The van der Waals surface area contributed by atoms with Crippen LogP contribution in [0.15, 0.2) is 33.7 Å². The largest absolute Gasteiger partial charge is 0.492 e. The first-order valence-corrected chi connectivity index (χ1v) is 9.44. The number of benzene rings is 1. The Hall–Kier alpha value is -1.76. The summed E-state index contributed by atoms with van der Waals surface area (Å²) in [5.41, 5.74) is 0. The minimum Gasteiger partial charge on any atom is -0.492 e. The van der Waals surface area contributed by atoms with Crippen molar-refractivity contribution in [1.82, 2.24) is 10.2 Å². The third-order valence-corrected chi connectivity index (χ3v) is 4.62. The molecule has 1 aliphatic heterocycles.